The summed E-state index contributed by atoms with van der Waals surface area (Å²) in [4.78, 5) is 4.65. The predicted octanol–water partition coefficient (Wildman–Crippen LogP) is 3.82. The lowest BCUT2D eigenvalue weighted by atomic mass is 9.79. The third-order valence-corrected chi connectivity index (χ3v) is 5.57. The summed E-state index contributed by atoms with van der Waals surface area (Å²) in [6.07, 6.45) is 8.34. The van der Waals surface area contributed by atoms with Gasteiger partial charge < -0.3 is 16.2 Å². The molecule has 1 aromatic carbocycles. The molecule has 4 nitrogen and oxygen atoms in total. The number of fused-ring (bicyclic) bond motifs is 1. The van der Waals surface area contributed by atoms with E-state index >= 15 is 0 Å². The fraction of sp³-hybridized carbons (Fsp3) is 0.650. The highest BCUT2D eigenvalue weighted by Gasteiger charge is 2.27. The van der Waals surface area contributed by atoms with Crippen LogP contribution in [0.1, 0.15) is 63.5 Å². The van der Waals surface area contributed by atoms with Crippen LogP contribution in [0.25, 0.3) is 0 Å². The maximum atomic E-state index is 6.20. The number of nitrogens with zero attached hydrogens (tertiary/aromatic N) is 1. The molecule has 4 heteroatoms. The van der Waals surface area contributed by atoms with Gasteiger partial charge in [-0.1, -0.05) is 39.2 Å². The minimum Gasteiger partial charge on any atom is -0.491 e. The highest BCUT2D eigenvalue weighted by atomic mass is 16.5. The van der Waals surface area contributed by atoms with E-state index in [0.29, 0.717) is 18.3 Å². The molecule has 0 bridgehead atoms. The van der Waals surface area contributed by atoms with Crippen molar-refractivity contribution in [1.29, 1.82) is 0 Å². The molecule has 0 aromatic heterocycles. The van der Waals surface area contributed by atoms with E-state index in [-0.39, 0.29) is 5.41 Å². The number of hydrogen-bond donors (Lipinski definition) is 2. The van der Waals surface area contributed by atoms with E-state index in [4.69, 9.17) is 16.2 Å². The molecule has 2 aliphatic rings. The number of benzene rings is 1. The summed E-state index contributed by atoms with van der Waals surface area (Å²) < 4.78 is 6.20. The first-order chi connectivity index (χ1) is 11.5. The number of hydrogen-bond acceptors (Lipinski definition) is 4. The quantitative estimate of drug-likeness (QED) is 0.862. The Hall–Kier alpha value is -1.55. The molecule has 1 aliphatic carbocycles. The summed E-state index contributed by atoms with van der Waals surface area (Å²) in [6.45, 7) is 5.78. The maximum absolute atomic E-state index is 6.20. The zero-order chi connectivity index (χ0) is 17.2. The second kappa shape index (κ2) is 7.14. The van der Waals surface area contributed by atoms with E-state index in [1.165, 1.54) is 43.2 Å². The Morgan fingerprint density at radius 3 is 2.62 bits per heavy atom. The predicted molar refractivity (Wildman–Crippen MR) is 100 cm³/mol. The molecule has 0 radical (unpaired) electrons. The summed E-state index contributed by atoms with van der Waals surface area (Å²) in [5.41, 5.74) is 15.4. The van der Waals surface area contributed by atoms with Crippen molar-refractivity contribution in [3.63, 3.8) is 0 Å². The van der Waals surface area contributed by atoms with Crippen LogP contribution in [0.5, 0.6) is 5.75 Å². The second-order valence-electron chi connectivity index (χ2n) is 7.94. The van der Waals surface area contributed by atoms with Crippen LogP contribution in [-0.2, 0) is 11.8 Å². The Morgan fingerprint density at radius 1 is 1.17 bits per heavy atom. The molecule has 3 rings (SSSR count). The van der Waals surface area contributed by atoms with Crippen molar-refractivity contribution in [3.8, 4) is 5.75 Å². The van der Waals surface area contributed by atoms with Crippen molar-refractivity contribution >= 4 is 11.5 Å². The highest BCUT2D eigenvalue weighted by Crippen LogP contribution is 2.41. The number of aliphatic imine (C=N–C) groups is 1. The second-order valence-corrected chi connectivity index (χ2v) is 7.94. The molecular weight excluding hydrogens is 298 g/mol. The smallest absolute Gasteiger partial charge is 0.145 e. The van der Waals surface area contributed by atoms with Crippen molar-refractivity contribution in [2.24, 2.45) is 22.4 Å². The first-order valence-electron chi connectivity index (χ1n) is 9.33. The fourth-order valence-electron chi connectivity index (χ4n) is 3.86. The van der Waals surface area contributed by atoms with Crippen LogP contribution in [0.2, 0.25) is 0 Å². The van der Waals surface area contributed by atoms with E-state index in [1.807, 2.05) is 0 Å². The Labute approximate surface area is 145 Å². The van der Waals surface area contributed by atoms with Gasteiger partial charge in [0.2, 0.25) is 0 Å². The van der Waals surface area contributed by atoms with Gasteiger partial charge in [0.05, 0.1) is 6.61 Å². The van der Waals surface area contributed by atoms with Gasteiger partial charge in [0.25, 0.3) is 0 Å². The lowest BCUT2D eigenvalue weighted by molar-refractivity contribution is 0.209. The lowest BCUT2D eigenvalue weighted by Gasteiger charge is -2.30. The van der Waals surface area contributed by atoms with Crippen molar-refractivity contribution in [3.05, 3.63) is 23.3 Å². The van der Waals surface area contributed by atoms with Gasteiger partial charge in [-0.05, 0) is 42.4 Å². The number of rotatable bonds is 5. The van der Waals surface area contributed by atoms with Gasteiger partial charge >= 0.3 is 0 Å². The first kappa shape index (κ1) is 17.3. The van der Waals surface area contributed by atoms with Crippen LogP contribution in [0.3, 0.4) is 0 Å². The molecule has 1 aromatic rings. The van der Waals surface area contributed by atoms with Gasteiger partial charge in [-0.3, -0.25) is 0 Å². The summed E-state index contributed by atoms with van der Waals surface area (Å²) in [6, 6.07) is 4.25. The zero-order valence-corrected chi connectivity index (χ0v) is 15.1. The molecule has 4 N–H and O–H groups in total. The molecule has 1 aliphatic heterocycles. The van der Waals surface area contributed by atoms with Gasteiger partial charge in [0.1, 0.15) is 17.3 Å². The average molecular weight is 329 g/mol. The summed E-state index contributed by atoms with van der Waals surface area (Å²) in [5, 5.41) is 0. The molecule has 24 heavy (non-hydrogen) atoms. The van der Waals surface area contributed by atoms with Crippen LogP contribution in [-0.4, -0.2) is 19.0 Å². The molecule has 0 saturated heterocycles. The number of amidine groups is 1. The highest BCUT2D eigenvalue weighted by molar-refractivity contribution is 5.87. The van der Waals surface area contributed by atoms with Gasteiger partial charge in [0.15, 0.2) is 0 Å². The van der Waals surface area contributed by atoms with Gasteiger partial charge in [-0.25, -0.2) is 4.99 Å². The van der Waals surface area contributed by atoms with Crippen LogP contribution < -0.4 is 16.2 Å². The van der Waals surface area contributed by atoms with Crippen LogP contribution in [0.15, 0.2) is 17.1 Å². The fourth-order valence-corrected chi connectivity index (χ4v) is 3.86. The Bertz CT molecular complexity index is 616. The third kappa shape index (κ3) is 3.59. The summed E-state index contributed by atoms with van der Waals surface area (Å²) in [7, 11) is 0. The van der Waals surface area contributed by atoms with Crippen LogP contribution >= 0.6 is 0 Å². The number of ether oxygens (including phenoxy) is 1. The Morgan fingerprint density at radius 2 is 1.92 bits per heavy atom. The van der Waals surface area contributed by atoms with Gasteiger partial charge in [0, 0.05) is 18.4 Å². The van der Waals surface area contributed by atoms with E-state index in [1.54, 1.807) is 0 Å². The summed E-state index contributed by atoms with van der Waals surface area (Å²) >= 11 is 0. The Kier molecular flexibility index (Phi) is 5.14. The SMILES string of the molecule is CC(C)(CN)c1ccc(OCC2CCCCC2)c2c1CCC(N)=N2. The van der Waals surface area contributed by atoms with E-state index < -0.39 is 0 Å². The standard InChI is InChI=1S/C20H31N3O/c1-20(2,13-21)16-9-10-17(19-15(16)8-11-18(22)23-19)24-12-14-6-4-3-5-7-14/h9-10,14H,3-8,11-13,21H2,1-2H3,(H2,22,23). The lowest BCUT2D eigenvalue weighted by Crippen LogP contribution is -2.30. The van der Waals surface area contributed by atoms with Crippen LogP contribution in [0.4, 0.5) is 5.69 Å². The van der Waals surface area contributed by atoms with Gasteiger partial charge in [-0.15, -0.1) is 0 Å². The normalized spacial score (nSPS) is 18.9. The van der Waals surface area contributed by atoms with Crippen molar-refractivity contribution in [2.75, 3.05) is 13.2 Å². The molecule has 1 saturated carbocycles. The maximum Gasteiger partial charge on any atom is 0.145 e. The Balaban J connectivity index is 1.87. The minimum absolute atomic E-state index is 0.0619. The topological polar surface area (TPSA) is 73.6 Å². The van der Waals surface area contributed by atoms with E-state index in [0.717, 1.165) is 30.9 Å². The molecule has 0 atom stereocenters. The third-order valence-electron chi connectivity index (χ3n) is 5.57. The van der Waals surface area contributed by atoms with Crippen LogP contribution in [0, 0.1) is 5.92 Å². The van der Waals surface area contributed by atoms with Crippen molar-refractivity contribution in [1.82, 2.24) is 0 Å². The summed E-state index contributed by atoms with van der Waals surface area (Å²) in [5.74, 6) is 2.27. The molecule has 0 amide bonds. The van der Waals surface area contributed by atoms with Gasteiger partial charge in [-0.2, -0.15) is 0 Å². The molecule has 132 valence electrons. The first-order valence-corrected chi connectivity index (χ1v) is 9.33. The monoisotopic (exact) mass is 329 g/mol. The van der Waals surface area contributed by atoms with E-state index in [9.17, 15) is 0 Å². The largest absolute Gasteiger partial charge is 0.491 e. The van der Waals surface area contributed by atoms with Crippen molar-refractivity contribution in [2.45, 2.75) is 64.2 Å². The van der Waals surface area contributed by atoms with E-state index in [2.05, 4.69) is 31.0 Å². The molecular formula is C20H31N3O. The van der Waals surface area contributed by atoms with Crippen molar-refractivity contribution < 1.29 is 4.74 Å². The zero-order valence-electron chi connectivity index (χ0n) is 15.1. The number of nitrogens with two attached hydrogens (primary N) is 2. The average Bonchev–Trinajstić information content (AvgIpc) is 2.60. The molecule has 1 fully saturated rings. The molecule has 0 spiro atoms. The minimum atomic E-state index is -0.0619. The molecule has 1 heterocycles. The molecule has 0 unspecified atom stereocenters.